The van der Waals surface area contributed by atoms with Gasteiger partial charge in [0.15, 0.2) is 5.78 Å². The van der Waals surface area contributed by atoms with Crippen LogP contribution in [-0.4, -0.2) is 16.5 Å². The summed E-state index contributed by atoms with van der Waals surface area (Å²) in [7, 11) is 0. The second-order valence-electron chi connectivity index (χ2n) is 7.97. The maximum Gasteiger partial charge on any atom is 0.165 e. The number of carbonyl (C=O) groups is 1. The summed E-state index contributed by atoms with van der Waals surface area (Å²) < 4.78 is 0. The third-order valence-corrected chi connectivity index (χ3v) is 7.64. The summed E-state index contributed by atoms with van der Waals surface area (Å²) in [6, 6.07) is 0. The van der Waals surface area contributed by atoms with E-state index in [1.807, 2.05) is 0 Å². The third kappa shape index (κ3) is 0.904. The molecule has 4 bridgehead atoms. The number of hydrogen-bond acceptors (Lipinski definition) is 2. The molecule has 4 aliphatic carbocycles. The lowest BCUT2D eigenvalue weighted by atomic mass is 9.51. The van der Waals surface area contributed by atoms with E-state index in [1.54, 1.807) is 0 Å². The molecule has 0 saturated heterocycles. The lowest BCUT2D eigenvalue weighted by molar-refractivity contribution is -0.169. The Morgan fingerprint density at radius 1 is 1.11 bits per heavy atom. The molecule has 0 radical (unpaired) electrons. The van der Waals surface area contributed by atoms with Crippen LogP contribution in [0.15, 0.2) is 11.1 Å². The van der Waals surface area contributed by atoms with Crippen molar-refractivity contribution < 1.29 is 9.90 Å². The van der Waals surface area contributed by atoms with Crippen molar-refractivity contribution in [1.29, 1.82) is 0 Å². The first-order chi connectivity index (χ1) is 8.83. The van der Waals surface area contributed by atoms with Crippen LogP contribution in [0.3, 0.4) is 0 Å². The minimum absolute atomic E-state index is 0.112. The Morgan fingerprint density at radius 3 is 2.53 bits per heavy atom. The topological polar surface area (TPSA) is 37.3 Å². The summed E-state index contributed by atoms with van der Waals surface area (Å²) >= 11 is 0. The Kier molecular flexibility index (Phi) is 1.92. The second kappa shape index (κ2) is 3.00. The molecule has 2 nitrogen and oxygen atoms in total. The molecule has 4 rings (SSSR count). The van der Waals surface area contributed by atoms with Gasteiger partial charge in [0.1, 0.15) is 5.60 Å². The highest BCUT2D eigenvalue weighted by molar-refractivity contribution is 5.92. The van der Waals surface area contributed by atoms with Crippen LogP contribution in [0.1, 0.15) is 65.7 Å². The Balaban J connectivity index is 2.07. The van der Waals surface area contributed by atoms with Crippen molar-refractivity contribution >= 4 is 5.78 Å². The summed E-state index contributed by atoms with van der Waals surface area (Å²) in [6.45, 7) is 6.61. The predicted octanol–water partition coefficient (Wildman–Crippen LogP) is 3.39. The molecule has 1 spiro atoms. The van der Waals surface area contributed by atoms with Crippen LogP contribution in [0.25, 0.3) is 0 Å². The maximum absolute atomic E-state index is 12.7. The average Bonchev–Trinajstić information content (AvgIpc) is 2.83. The van der Waals surface area contributed by atoms with Gasteiger partial charge >= 0.3 is 0 Å². The van der Waals surface area contributed by atoms with Crippen LogP contribution < -0.4 is 0 Å². The van der Waals surface area contributed by atoms with Crippen LogP contribution in [0.5, 0.6) is 0 Å². The fourth-order valence-electron chi connectivity index (χ4n) is 6.85. The predicted molar refractivity (Wildman–Crippen MR) is 73.6 cm³/mol. The Bertz CT molecular complexity index is 529. The Hall–Kier alpha value is -0.630. The Labute approximate surface area is 115 Å². The van der Waals surface area contributed by atoms with Gasteiger partial charge in [-0.25, -0.2) is 0 Å². The number of rotatable bonds is 0. The zero-order chi connectivity index (χ0) is 13.7. The zero-order valence-corrected chi connectivity index (χ0v) is 12.3. The second-order valence-corrected chi connectivity index (χ2v) is 7.97. The van der Waals surface area contributed by atoms with Gasteiger partial charge in [-0.2, -0.15) is 0 Å². The van der Waals surface area contributed by atoms with Crippen LogP contribution in [0, 0.1) is 16.2 Å². The van der Waals surface area contributed by atoms with Crippen molar-refractivity contribution in [2.75, 3.05) is 0 Å². The van der Waals surface area contributed by atoms with Crippen molar-refractivity contribution in [2.45, 2.75) is 71.3 Å². The van der Waals surface area contributed by atoms with E-state index in [1.165, 1.54) is 30.4 Å². The monoisotopic (exact) mass is 260 g/mol. The first-order valence-electron chi connectivity index (χ1n) is 7.76. The minimum atomic E-state index is -1.03. The van der Waals surface area contributed by atoms with Crippen LogP contribution >= 0.6 is 0 Å². The molecule has 1 unspecified atom stereocenters. The SMILES string of the molecule is CC(C)=C1C[C@]2(C)[C@@]34CCCC13CC(=O)[C@]2(O)CC4. The molecule has 19 heavy (non-hydrogen) atoms. The highest BCUT2D eigenvalue weighted by Gasteiger charge is 2.82. The highest BCUT2D eigenvalue weighted by Crippen LogP contribution is 2.84. The number of Topliss-reactive ketones (excluding diaryl/α,β-unsaturated/α-hetero) is 1. The van der Waals surface area contributed by atoms with Crippen molar-refractivity contribution in [2.24, 2.45) is 16.2 Å². The summed E-state index contributed by atoms with van der Waals surface area (Å²) in [5.41, 5.74) is 2.03. The van der Waals surface area contributed by atoms with Gasteiger partial charge in [-0.3, -0.25) is 4.79 Å². The molecule has 0 aromatic carbocycles. The van der Waals surface area contributed by atoms with E-state index < -0.39 is 5.60 Å². The summed E-state index contributed by atoms with van der Waals surface area (Å²) in [6.07, 6.45) is 6.95. The Morgan fingerprint density at radius 2 is 1.84 bits per heavy atom. The largest absolute Gasteiger partial charge is 0.381 e. The van der Waals surface area contributed by atoms with Gasteiger partial charge in [-0.15, -0.1) is 0 Å². The van der Waals surface area contributed by atoms with Crippen molar-refractivity contribution in [3.63, 3.8) is 0 Å². The molecule has 4 fully saturated rings. The van der Waals surface area contributed by atoms with Gasteiger partial charge < -0.3 is 5.11 Å². The molecule has 0 aromatic rings. The van der Waals surface area contributed by atoms with Crippen LogP contribution in [-0.2, 0) is 4.79 Å². The van der Waals surface area contributed by atoms with E-state index in [0.717, 1.165) is 12.8 Å². The molecule has 0 amide bonds. The standard InChI is InChI=1S/C17H24O2/c1-11(2)12-9-14(3)16-6-4-5-15(12,16)10-13(18)17(14,19)8-7-16/h19H,4-10H2,1-3H3/t14-,15?,16+,17-/m1/s1. The van der Waals surface area contributed by atoms with Gasteiger partial charge in [-0.05, 0) is 51.4 Å². The molecular weight excluding hydrogens is 236 g/mol. The summed E-state index contributed by atoms with van der Waals surface area (Å²) in [5.74, 6) is 0.140. The normalized spacial score (nSPS) is 54.7. The molecule has 4 atom stereocenters. The fourth-order valence-corrected chi connectivity index (χ4v) is 6.85. The van der Waals surface area contributed by atoms with Gasteiger partial charge in [0.05, 0.1) is 0 Å². The van der Waals surface area contributed by atoms with Crippen molar-refractivity contribution in [1.82, 2.24) is 0 Å². The van der Waals surface area contributed by atoms with Gasteiger partial charge in [0.2, 0.25) is 0 Å². The zero-order valence-electron chi connectivity index (χ0n) is 12.3. The van der Waals surface area contributed by atoms with Crippen molar-refractivity contribution in [3.05, 3.63) is 11.1 Å². The smallest absolute Gasteiger partial charge is 0.165 e. The van der Waals surface area contributed by atoms with E-state index in [2.05, 4.69) is 20.8 Å². The van der Waals surface area contributed by atoms with E-state index in [-0.39, 0.29) is 22.0 Å². The lowest BCUT2D eigenvalue weighted by Crippen LogP contribution is -2.59. The number of ketones is 1. The number of carbonyl (C=O) groups excluding carboxylic acids is 1. The molecule has 1 N–H and O–H groups in total. The summed E-state index contributed by atoms with van der Waals surface area (Å²) in [5, 5.41) is 11.1. The quantitative estimate of drug-likeness (QED) is 0.678. The highest BCUT2D eigenvalue weighted by atomic mass is 16.3. The van der Waals surface area contributed by atoms with Crippen LogP contribution in [0.4, 0.5) is 0 Å². The first kappa shape index (κ1) is 12.1. The van der Waals surface area contributed by atoms with Crippen LogP contribution in [0.2, 0.25) is 0 Å². The molecule has 0 aliphatic heterocycles. The third-order valence-electron chi connectivity index (χ3n) is 7.64. The van der Waals surface area contributed by atoms with Crippen molar-refractivity contribution in [3.8, 4) is 0 Å². The summed E-state index contributed by atoms with van der Waals surface area (Å²) in [4.78, 5) is 12.7. The fraction of sp³-hybridized carbons (Fsp3) is 0.824. The molecule has 0 heterocycles. The molecular formula is C17H24O2. The number of allylic oxidation sites excluding steroid dienone is 2. The molecule has 4 saturated carbocycles. The van der Waals surface area contributed by atoms with E-state index in [0.29, 0.717) is 12.8 Å². The molecule has 2 heteroatoms. The van der Waals surface area contributed by atoms with E-state index in [4.69, 9.17) is 0 Å². The number of hydrogen-bond donors (Lipinski definition) is 1. The maximum atomic E-state index is 12.7. The van der Waals surface area contributed by atoms with Gasteiger partial charge in [-0.1, -0.05) is 24.5 Å². The first-order valence-corrected chi connectivity index (χ1v) is 7.76. The molecule has 4 aliphatic rings. The average molecular weight is 260 g/mol. The molecule has 0 aromatic heterocycles. The van der Waals surface area contributed by atoms with E-state index in [9.17, 15) is 9.90 Å². The van der Waals surface area contributed by atoms with E-state index >= 15 is 0 Å². The molecule has 104 valence electrons. The van der Waals surface area contributed by atoms with Gasteiger partial charge in [0, 0.05) is 17.3 Å². The lowest BCUT2D eigenvalue weighted by Gasteiger charge is -2.53. The van der Waals surface area contributed by atoms with Gasteiger partial charge in [0.25, 0.3) is 0 Å². The number of aliphatic hydroxyl groups is 1. The minimum Gasteiger partial charge on any atom is -0.381 e.